The molecule has 0 atom stereocenters. The fourth-order valence-corrected chi connectivity index (χ4v) is 5.95. The number of Topliss-reactive ketones (excluding diaryl/α,β-unsaturated/α-hetero) is 3. The fourth-order valence-electron chi connectivity index (χ4n) is 3.81. The van der Waals surface area contributed by atoms with Crippen LogP contribution in [0.25, 0.3) is 0 Å². The monoisotopic (exact) mass is 510 g/mol. The highest BCUT2D eigenvalue weighted by Crippen LogP contribution is 2.35. The van der Waals surface area contributed by atoms with Crippen LogP contribution in [0.2, 0.25) is 0 Å². The Morgan fingerprint density at radius 1 is 0.824 bits per heavy atom. The van der Waals surface area contributed by atoms with Crippen LogP contribution >= 0.6 is 34.0 Å². The van der Waals surface area contributed by atoms with E-state index < -0.39 is 22.9 Å². The summed E-state index contributed by atoms with van der Waals surface area (Å²) in [5.74, 6) is -1.68. The van der Waals surface area contributed by atoms with Gasteiger partial charge in [0.25, 0.3) is 0 Å². The van der Waals surface area contributed by atoms with Gasteiger partial charge in [0.1, 0.15) is 6.29 Å². The number of imidazole rings is 1. The second-order valence-corrected chi connectivity index (χ2v) is 10.5. The predicted molar refractivity (Wildman–Crippen MR) is 134 cm³/mol. The number of nitrogens with zero attached hydrogens (tertiary/aromatic N) is 2. The molecule has 0 aliphatic carbocycles. The van der Waals surface area contributed by atoms with Crippen LogP contribution < -0.4 is 0 Å². The van der Waals surface area contributed by atoms with E-state index in [9.17, 15) is 19.2 Å². The first-order chi connectivity index (χ1) is 16.6. The summed E-state index contributed by atoms with van der Waals surface area (Å²) in [5.41, 5.74) is -1.43. The Labute approximate surface area is 208 Å². The maximum Gasteiger partial charge on any atom is 0.238 e. The molecule has 0 aliphatic rings. The number of carbonyl (C=O) groups is 4. The molecule has 0 fully saturated rings. The van der Waals surface area contributed by atoms with Crippen LogP contribution in [0.3, 0.4) is 0 Å². The van der Waals surface area contributed by atoms with Crippen LogP contribution in [0, 0.1) is 0 Å². The number of rotatable bonds is 13. The van der Waals surface area contributed by atoms with Crippen molar-refractivity contribution in [1.29, 1.82) is 0 Å². The third-order valence-corrected chi connectivity index (χ3v) is 8.10. The Balaban J connectivity index is 1.81. The van der Waals surface area contributed by atoms with Crippen molar-refractivity contribution >= 4 is 57.6 Å². The van der Waals surface area contributed by atoms with Crippen molar-refractivity contribution in [3.8, 4) is 0 Å². The van der Waals surface area contributed by atoms with Crippen LogP contribution in [0.15, 0.2) is 65.1 Å². The number of aldehydes is 1. The lowest BCUT2D eigenvalue weighted by Gasteiger charge is -2.29. The zero-order chi connectivity index (χ0) is 24.0. The van der Waals surface area contributed by atoms with E-state index in [4.69, 9.17) is 0 Å². The molecule has 4 aromatic rings. The van der Waals surface area contributed by atoms with Gasteiger partial charge in [-0.25, -0.2) is 4.98 Å². The Bertz CT molecular complexity index is 1140. The quantitative estimate of drug-likeness (QED) is 0.0995. The molecule has 0 aromatic carbocycles. The number of aryl methyl sites for hydroxylation is 1. The molecule has 4 rings (SSSR count). The summed E-state index contributed by atoms with van der Waals surface area (Å²) in [5, 5.41) is 5.26. The van der Waals surface area contributed by atoms with E-state index in [0.29, 0.717) is 33.2 Å². The Morgan fingerprint density at radius 3 is 1.79 bits per heavy atom. The summed E-state index contributed by atoms with van der Waals surface area (Å²) < 4.78 is 1.40. The SMILES string of the molecule is O=CCCCCCc1cn(C(C(=O)c2cccs2)(C(=O)c2cccs2)C(=O)c2cccs2)cn1. The van der Waals surface area contributed by atoms with Crippen LogP contribution in [0.1, 0.15) is 60.4 Å². The number of ketones is 3. The van der Waals surface area contributed by atoms with E-state index in [1.165, 1.54) is 44.9 Å². The number of carbonyl (C=O) groups excluding carboxylic acids is 4. The number of hydrogen-bond acceptors (Lipinski definition) is 8. The molecule has 4 aromatic heterocycles. The number of thiophene rings is 3. The Morgan fingerprint density at radius 2 is 1.35 bits per heavy atom. The van der Waals surface area contributed by atoms with Gasteiger partial charge in [-0.05, 0) is 53.6 Å². The lowest BCUT2D eigenvalue weighted by atomic mass is 9.81. The van der Waals surface area contributed by atoms with Gasteiger partial charge in [-0.1, -0.05) is 24.6 Å². The maximum atomic E-state index is 14.0. The van der Waals surface area contributed by atoms with Crippen molar-refractivity contribution in [2.24, 2.45) is 0 Å². The minimum absolute atomic E-state index is 0.332. The lowest BCUT2D eigenvalue weighted by molar-refractivity contribution is -0.107. The summed E-state index contributed by atoms with van der Waals surface area (Å²) in [7, 11) is 0. The smallest absolute Gasteiger partial charge is 0.238 e. The summed E-state index contributed by atoms with van der Waals surface area (Å²) in [6, 6.07) is 10.1. The van der Waals surface area contributed by atoms with Gasteiger partial charge in [0.15, 0.2) is 0 Å². The average Bonchev–Trinajstić information content (AvgIpc) is 3.67. The van der Waals surface area contributed by atoms with Gasteiger partial charge in [-0.15, -0.1) is 34.0 Å². The molecular formula is C25H22N2O4S3. The molecule has 0 saturated heterocycles. The van der Waals surface area contributed by atoms with Gasteiger partial charge >= 0.3 is 0 Å². The van der Waals surface area contributed by atoms with Crippen LogP contribution in [-0.4, -0.2) is 33.2 Å². The van der Waals surface area contributed by atoms with Gasteiger partial charge < -0.3 is 9.36 Å². The summed E-state index contributed by atoms with van der Waals surface area (Å²) >= 11 is 3.60. The van der Waals surface area contributed by atoms with Crippen LogP contribution in [-0.2, 0) is 16.8 Å². The molecule has 4 heterocycles. The number of aromatic nitrogens is 2. The Hall–Kier alpha value is -3.01. The maximum absolute atomic E-state index is 14.0. The average molecular weight is 511 g/mol. The van der Waals surface area contributed by atoms with E-state index >= 15 is 0 Å². The van der Waals surface area contributed by atoms with Crippen LogP contribution in [0.5, 0.6) is 0 Å². The molecule has 0 amide bonds. The van der Waals surface area contributed by atoms with Gasteiger partial charge in [-0.3, -0.25) is 14.4 Å². The second-order valence-electron chi connectivity index (χ2n) is 7.67. The first-order valence-corrected chi connectivity index (χ1v) is 13.4. The van der Waals surface area contributed by atoms with Crippen molar-refractivity contribution in [1.82, 2.24) is 9.55 Å². The number of unbranched alkanes of at least 4 members (excludes halogenated alkanes) is 3. The molecule has 6 nitrogen and oxygen atoms in total. The highest BCUT2D eigenvalue weighted by Gasteiger charge is 2.55. The van der Waals surface area contributed by atoms with Gasteiger partial charge in [-0.2, -0.15) is 0 Å². The van der Waals surface area contributed by atoms with E-state index in [2.05, 4.69) is 4.98 Å². The summed E-state index contributed by atoms with van der Waals surface area (Å²) in [6.07, 6.45) is 7.60. The summed E-state index contributed by atoms with van der Waals surface area (Å²) in [4.78, 5) is 58.1. The molecule has 0 spiro atoms. The highest BCUT2D eigenvalue weighted by molar-refractivity contribution is 7.14. The molecule has 0 unspecified atom stereocenters. The van der Waals surface area contributed by atoms with Crippen molar-refractivity contribution in [2.45, 2.75) is 37.6 Å². The molecule has 0 bridgehead atoms. The third kappa shape index (κ3) is 4.64. The predicted octanol–water partition coefficient (Wildman–Crippen LogP) is 5.71. The van der Waals surface area contributed by atoms with E-state index in [1.54, 1.807) is 58.7 Å². The van der Waals surface area contributed by atoms with Gasteiger partial charge in [0.05, 0.1) is 26.7 Å². The second kappa shape index (κ2) is 10.9. The van der Waals surface area contributed by atoms with Crippen molar-refractivity contribution in [2.75, 3.05) is 0 Å². The lowest BCUT2D eigenvalue weighted by Crippen LogP contribution is -2.54. The molecule has 0 aliphatic heterocycles. The molecule has 174 valence electrons. The molecule has 34 heavy (non-hydrogen) atoms. The highest BCUT2D eigenvalue weighted by atomic mass is 32.1. The topological polar surface area (TPSA) is 86.1 Å². The summed E-state index contributed by atoms with van der Waals surface area (Å²) in [6.45, 7) is 0. The molecule has 0 saturated carbocycles. The minimum Gasteiger partial charge on any atom is -0.310 e. The molecular weight excluding hydrogens is 488 g/mol. The van der Waals surface area contributed by atoms with E-state index in [0.717, 1.165) is 25.5 Å². The van der Waals surface area contributed by atoms with Crippen molar-refractivity contribution < 1.29 is 19.2 Å². The first kappa shape index (κ1) is 24.1. The van der Waals surface area contributed by atoms with E-state index in [1.807, 2.05) is 0 Å². The number of hydrogen-bond donors (Lipinski definition) is 0. The van der Waals surface area contributed by atoms with Gasteiger partial charge in [0, 0.05) is 12.6 Å². The largest absolute Gasteiger partial charge is 0.310 e. The van der Waals surface area contributed by atoms with Gasteiger partial charge in [0.2, 0.25) is 22.9 Å². The van der Waals surface area contributed by atoms with E-state index in [-0.39, 0.29) is 0 Å². The normalized spacial score (nSPS) is 11.4. The molecule has 9 heteroatoms. The minimum atomic E-state index is -2.12. The zero-order valence-corrected chi connectivity index (χ0v) is 20.7. The molecule has 0 radical (unpaired) electrons. The van der Waals surface area contributed by atoms with Crippen molar-refractivity contribution in [3.05, 3.63) is 85.4 Å². The van der Waals surface area contributed by atoms with Crippen LogP contribution in [0.4, 0.5) is 0 Å². The molecule has 0 N–H and O–H groups in total. The first-order valence-electron chi connectivity index (χ1n) is 10.8. The fraction of sp³-hybridized carbons (Fsp3) is 0.240. The third-order valence-electron chi connectivity index (χ3n) is 5.50. The Kier molecular flexibility index (Phi) is 7.77. The standard InChI is InChI=1S/C25H22N2O4S3/c28-12-4-2-1-3-8-18-16-27(17-26-18)25(22(29)19-9-5-13-32-19,23(30)20-10-6-14-33-20)24(31)21-11-7-15-34-21/h5-7,9-17H,1-4,8H2. The van der Waals surface area contributed by atoms with Crippen molar-refractivity contribution in [3.63, 3.8) is 0 Å². The zero-order valence-electron chi connectivity index (χ0n) is 18.2.